The lowest BCUT2D eigenvalue weighted by atomic mass is 9.78. The van der Waals surface area contributed by atoms with Crippen molar-refractivity contribution in [1.82, 2.24) is 0 Å². The third-order valence-corrected chi connectivity index (χ3v) is 5.14. The Balaban J connectivity index is 1.62. The quantitative estimate of drug-likeness (QED) is 0.728. The summed E-state index contributed by atoms with van der Waals surface area (Å²) in [4.78, 5) is 36.2. The number of carboxylic acid groups (broad SMARTS) is 1. The van der Waals surface area contributed by atoms with Gasteiger partial charge in [0.05, 0.1) is 11.8 Å². The molecule has 0 saturated heterocycles. The van der Waals surface area contributed by atoms with E-state index in [1.54, 1.807) is 24.3 Å². The molecular formula is C22H24N2O4. The molecule has 1 aliphatic rings. The first-order chi connectivity index (χ1) is 13.4. The number of carbonyl (C=O) groups excluding carboxylic acids is 2. The van der Waals surface area contributed by atoms with E-state index in [4.69, 9.17) is 0 Å². The molecule has 1 aliphatic carbocycles. The molecule has 0 unspecified atom stereocenters. The molecule has 0 radical (unpaired) electrons. The number of anilines is 2. The molecule has 1 saturated carbocycles. The Bertz CT molecular complexity index is 859. The minimum absolute atomic E-state index is 0.236. The van der Waals surface area contributed by atoms with E-state index in [1.807, 2.05) is 31.2 Å². The van der Waals surface area contributed by atoms with Gasteiger partial charge in [-0.15, -0.1) is 0 Å². The highest BCUT2D eigenvalue weighted by Gasteiger charge is 2.35. The van der Waals surface area contributed by atoms with Crippen molar-refractivity contribution in [2.45, 2.75) is 32.6 Å². The number of nitrogens with one attached hydrogen (secondary N) is 2. The standard InChI is InChI=1S/C22H24N2O4/c1-14-6-10-16(11-7-14)23-20(25)15-8-12-17(13-9-15)24-21(26)18-4-2-3-5-19(18)22(27)28/h6-13,18-19H,2-5H2,1H3,(H,23,25)(H,24,26)(H,27,28)/t18-,19+/m0/s1. The summed E-state index contributed by atoms with van der Waals surface area (Å²) in [5.41, 5.74) is 2.84. The number of carbonyl (C=O) groups is 3. The van der Waals surface area contributed by atoms with Crippen molar-refractivity contribution in [3.8, 4) is 0 Å². The van der Waals surface area contributed by atoms with Crippen molar-refractivity contribution >= 4 is 29.2 Å². The molecule has 0 spiro atoms. The fourth-order valence-electron chi connectivity index (χ4n) is 3.52. The van der Waals surface area contributed by atoms with Crippen LogP contribution in [0.15, 0.2) is 48.5 Å². The van der Waals surface area contributed by atoms with E-state index in [9.17, 15) is 19.5 Å². The second-order valence-electron chi connectivity index (χ2n) is 7.22. The zero-order chi connectivity index (χ0) is 20.1. The van der Waals surface area contributed by atoms with E-state index >= 15 is 0 Å². The fraction of sp³-hybridized carbons (Fsp3) is 0.318. The number of hydrogen-bond acceptors (Lipinski definition) is 3. The first-order valence-electron chi connectivity index (χ1n) is 9.46. The van der Waals surface area contributed by atoms with Crippen LogP contribution in [0.5, 0.6) is 0 Å². The van der Waals surface area contributed by atoms with Gasteiger partial charge in [0.25, 0.3) is 5.91 Å². The van der Waals surface area contributed by atoms with E-state index in [0.717, 1.165) is 18.4 Å². The van der Waals surface area contributed by atoms with Crippen LogP contribution >= 0.6 is 0 Å². The van der Waals surface area contributed by atoms with Crippen molar-refractivity contribution in [3.63, 3.8) is 0 Å². The summed E-state index contributed by atoms with van der Waals surface area (Å²) in [7, 11) is 0. The Kier molecular flexibility index (Phi) is 6.09. The van der Waals surface area contributed by atoms with Crippen molar-refractivity contribution in [2.75, 3.05) is 10.6 Å². The van der Waals surface area contributed by atoms with Gasteiger partial charge >= 0.3 is 5.97 Å². The molecule has 0 aliphatic heterocycles. The van der Waals surface area contributed by atoms with Crippen LogP contribution in [-0.2, 0) is 9.59 Å². The SMILES string of the molecule is Cc1ccc(NC(=O)c2ccc(NC(=O)[C@H]3CCCC[C@H]3C(=O)O)cc2)cc1. The van der Waals surface area contributed by atoms with Crippen LogP contribution < -0.4 is 10.6 Å². The molecule has 3 N–H and O–H groups in total. The van der Waals surface area contributed by atoms with E-state index in [-0.39, 0.29) is 11.8 Å². The van der Waals surface area contributed by atoms with E-state index in [1.165, 1.54) is 0 Å². The molecule has 2 aromatic rings. The topological polar surface area (TPSA) is 95.5 Å². The average Bonchev–Trinajstić information content (AvgIpc) is 2.70. The molecule has 2 amide bonds. The van der Waals surface area contributed by atoms with Crippen LogP contribution in [0.3, 0.4) is 0 Å². The molecule has 3 rings (SSSR count). The number of aryl methyl sites for hydroxylation is 1. The van der Waals surface area contributed by atoms with E-state index in [2.05, 4.69) is 10.6 Å². The zero-order valence-electron chi connectivity index (χ0n) is 15.8. The summed E-state index contributed by atoms with van der Waals surface area (Å²) in [6, 6.07) is 14.1. The van der Waals surface area contributed by atoms with Crippen LogP contribution in [0.4, 0.5) is 11.4 Å². The Morgan fingerprint density at radius 3 is 1.96 bits per heavy atom. The van der Waals surface area contributed by atoms with Crippen LogP contribution in [0, 0.1) is 18.8 Å². The van der Waals surface area contributed by atoms with Crippen LogP contribution in [-0.4, -0.2) is 22.9 Å². The highest BCUT2D eigenvalue weighted by atomic mass is 16.4. The second-order valence-corrected chi connectivity index (χ2v) is 7.22. The van der Waals surface area contributed by atoms with Crippen molar-refractivity contribution in [2.24, 2.45) is 11.8 Å². The Morgan fingerprint density at radius 1 is 0.821 bits per heavy atom. The number of carboxylic acids is 1. The monoisotopic (exact) mass is 380 g/mol. The molecular weight excluding hydrogens is 356 g/mol. The third kappa shape index (κ3) is 4.76. The normalized spacial score (nSPS) is 18.9. The van der Waals surface area contributed by atoms with Crippen LogP contribution in [0.2, 0.25) is 0 Å². The number of hydrogen-bond donors (Lipinski definition) is 3. The van der Waals surface area contributed by atoms with Gasteiger partial charge in [0.2, 0.25) is 5.91 Å². The molecule has 0 bridgehead atoms. The first kappa shape index (κ1) is 19.6. The maximum absolute atomic E-state index is 12.5. The summed E-state index contributed by atoms with van der Waals surface area (Å²) in [5.74, 6) is -2.57. The van der Waals surface area contributed by atoms with Crippen LogP contribution in [0.25, 0.3) is 0 Å². The molecule has 28 heavy (non-hydrogen) atoms. The molecule has 0 heterocycles. The lowest BCUT2D eigenvalue weighted by Crippen LogP contribution is -2.36. The van der Waals surface area contributed by atoms with Gasteiger partial charge in [0, 0.05) is 16.9 Å². The third-order valence-electron chi connectivity index (χ3n) is 5.14. The van der Waals surface area contributed by atoms with Gasteiger partial charge in [0.15, 0.2) is 0 Å². The summed E-state index contributed by atoms with van der Waals surface area (Å²) >= 11 is 0. The molecule has 146 valence electrons. The molecule has 6 heteroatoms. The zero-order valence-corrected chi connectivity index (χ0v) is 15.8. The first-order valence-corrected chi connectivity index (χ1v) is 9.46. The summed E-state index contributed by atoms with van der Waals surface area (Å²) < 4.78 is 0. The predicted molar refractivity (Wildman–Crippen MR) is 107 cm³/mol. The Morgan fingerprint density at radius 2 is 1.36 bits per heavy atom. The predicted octanol–water partition coefficient (Wildman–Crippen LogP) is 4.08. The molecule has 2 aromatic carbocycles. The highest BCUT2D eigenvalue weighted by Crippen LogP contribution is 2.31. The van der Waals surface area contributed by atoms with Crippen LogP contribution in [0.1, 0.15) is 41.6 Å². The van der Waals surface area contributed by atoms with Gasteiger partial charge in [0.1, 0.15) is 0 Å². The van der Waals surface area contributed by atoms with Crippen molar-refractivity contribution in [3.05, 3.63) is 59.7 Å². The van der Waals surface area contributed by atoms with Gasteiger partial charge in [-0.1, -0.05) is 30.5 Å². The van der Waals surface area contributed by atoms with Gasteiger partial charge in [-0.3, -0.25) is 14.4 Å². The molecule has 0 aromatic heterocycles. The molecule has 2 atom stereocenters. The van der Waals surface area contributed by atoms with E-state index < -0.39 is 17.8 Å². The number of benzene rings is 2. The Hall–Kier alpha value is -3.15. The van der Waals surface area contributed by atoms with Gasteiger partial charge < -0.3 is 15.7 Å². The van der Waals surface area contributed by atoms with Crippen molar-refractivity contribution < 1.29 is 19.5 Å². The second kappa shape index (κ2) is 8.69. The Labute approximate surface area is 164 Å². The smallest absolute Gasteiger partial charge is 0.307 e. The van der Waals surface area contributed by atoms with Crippen molar-refractivity contribution in [1.29, 1.82) is 0 Å². The summed E-state index contributed by atoms with van der Waals surface area (Å²) in [5, 5.41) is 14.9. The summed E-state index contributed by atoms with van der Waals surface area (Å²) in [6.07, 6.45) is 2.82. The lowest BCUT2D eigenvalue weighted by Gasteiger charge is -2.27. The maximum atomic E-state index is 12.5. The van der Waals surface area contributed by atoms with E-state index in [0.29, 0.717) is 29.8 Å². The van der Waals surface area contributed by atoms with Gasteiger partial charge in [-0.05, 0) is 56.2 Å². The minimum atomic E-state index is -0.914. The fourth-order valence-corrected chi connectivity index (χ4v) is 3.52. The number of rotatable bonds is 5. The number of amides is 2. The minimum Gasteiger partial charge on any atom is -0.481 e. The lowest BCUT2D eigenvalue weighted by molar-refractivity contribution is -0.147. The van der Waals surface area contributed by atoms with Gasteiger partial charge in [-0.2, -0.15) is 0 Å². The maximum Gasteiger partial charge on any atom is 0.307 e. The summed E-state index contributed by atoms with van der Waals surface area (Å²) in [6.45, 7) is 1.98. The molecule has 6 nitrogen and oxygen atoms in total. The number of aliphatic carboxylic acids is 1. The van der Waals surface area contributed by atoms with Gasteiger partial charge in [-0.25, -0.2) is 0 Å². The average molecular weight is 380 g/mol. The highest BCUT2D eigenvalue weighted by molar-refractivity contribution is 6.04. The largest absolute Gasteiger partial charge is 0.481 e. The molecule has 1 fully saturated rings.